The van der Waals surface area contributed by atoms with Crippen molar-refractivity contribution in [1.82, 2.24) is 4.90 Å². The Morgan fingerprint density at radius 1 is 1.10 bits per heavy atom. The van der Waals surface area contributed by atoms with E-state index in [9.17, 15) is 29.3 Å². The molecular formula is C21H18N2O7. The Hall–Kier alpha value is -3.88. The summed E-state index contributed by atoms with van der Waals surface area (Å²) in [5, 5.41) is 11.1. The van der Waals surface area contributed by atoms with Gasteiger partial charge in [0.2, 0.25) is 5.78 Å². The highest BCUT2D eigenvalue weighted by Gasteiger charge is 2.40. The maximum absolute atomic E-state index is 12.5. The molecule has 2 aromatic rings. The Labute approximate surface area is 171 Å². The van der Waals surface area contributed by atoms with E-state index in [1.54, 1.807) is 19.1 Å². The van der Waals surface area contributed by atoms with Gasteiger partial charge < -0.3 is 4.74 Å². The van der Waals surface area contributed by atoms with Gasteiger partial charge in [0.25, 0.3) is 17.5 Å². The SMILES string of the molecule is Cc1ccc(C)c(C(=O)COC(=O)CCN2C(=O)c3cccc([N+](=O)[O-])c3C2=O)c1. The number of imide groups is 1. The first kappa shape index (κ1) is 20.8. The summed E-state index contributed by atoms with van der Waals surface area (Å²) >= 11 is 0. The molecule has 0 saturated carbocycles. The van der Waals surface area contributed by atoms with Crippen LogP contribution in [0, 0.1) is 24.0 Å². The molecule has 154 valence electrons. The number of nitro groups is 1. The summed E-state index contributed by atoms with van der Waals surface area (Å²) < 4.78 is 4.98. The van der Waals surface area contributed by atoms with Gasteiger partial charge in [0.15, 0.2) is 6.61 Å². The summed E-state index contributed by atoms with van der Waals surface area (Å²) in [6.07, 6.45) is -0.334. The van der Waals surface area contributed by atoms with Crippen LogP contribution in [0.5, 0.6) is 0 Å². The standard InChI is InChI=1S/C21H18N2O7/c1-12-6-7-13(2)15(10-12)17(24)11-30-18(25)8-9-22-20(26)14-4-3-5-16(23(28)29)19(14)21(22)27/h3-7,10H,8-9,11H2,1-2H3. The van der Waals surface area contributed by atoms with Crippen LogP contribution in [0.15, 0.2) is 36.4 Å². The molecule has 1 heterocycles. The van der Waals surface area contributed by atoms with Gasteiger partial charge in [-0.25, -0.2) is 0 Å². The van der Waals surface area contributed by atoms with E-state index in [0.29, 0.717) is 5.56 Å². The second-order valence-corrected chi connectivity index (χ2v) is 6.87. The van der Waals surface area contributed by atoms with Gasteiger partial charge in [0, 0.05) is 18.2 Å². The van der Waals surface area contributed by atoms with Crippen LogP contribution in [0.1, 0.15) is 48.6 Å². The molecular weight excluding hydrogens is 392 g/mol. The van der Waals surface area contributed by atoms with Crippen LogP contribution in [0.4, 0.5) is 5.69 Å². The molecule has 0 atom stereocenters. The fraction of sp³-hybridized carbons (Fsp3) is 0.238. The fourth-order valence-corrected chi connectivity index (χ4v) is 3.21. The highest BCUT2D eigenvalue weighted by molar-refractivity contribution is 6.23. The van der Waals surface area contributed by atoms with Crippen molar-refractivity contribution >= 4 is 29.3 Å². The zero-order chi connectivity index (χ0) is 22.0. The zero-order valence-corrected chi connectivity index (χ0v) is 16.3. The van der Waals surface area contributed by atoms with Crippen molar-refractivity contribution in [1.29, 1.82) is 0 Å². The summed E-state index contributed by atoms with van der Waals surface area (Å²) in [4.78, 5) is 60.3. The number of amides is 2. The van der Waals surface area contributed by atoms with Gasteiger partial charge in [-0.05, 0) is 31.5 Å². The molecule has 1 aliphatic heterocycles. The minimum absolute atomic E-state index is 0.0762. The van der Waals surface area contributed by atoms with Crippen LogP contribution >= 0.6 is 0 Å². The number of benzene rings is 2. The summed E-state index contributed by atoms with van der Waals surface area (Å²) in [5.41, 5.74) is 1.29. The smallest absolute Gasteiger partial charge is 0.308 e. The van der Waals surface area contributed by atoms with Gasteiger partial charge in [-0.1, -0.05) is 23.8 Å². The Morgan fingerprint density at radius 3 is 2.53 bits per heavy atom. The van der Waals surface area contributed by atoms with Crippen molar-refractivity contribution in [3.63, 3.8) is 0 Å². The Kier molecular flexibility index (Phi) is 5.72. The average Bonchev–Trinajstić information content (AvgIpc) is 2.96. The number of hydrogen-bond acceptors (Lipinski definition) is 7. The van der Waals surface area contributed by atoms with Crippen LogP contribution in [-0.2, 0) is 9.53 Å². The van der Waals surface area contributed by atoms with Crippen molar-refractivity contribution in [2.75, 3.05) is 13.2 Å². The summed E-state index contributed by atoms with van der Waals surface area (Å²) in [6.45, 7) is 2.85. The van der Waals surface area contributed by atoms with E-state index in [1.807, 2.05) is 13.0 Å². The van der Waals surface area contributed by atoms with E-state index in [1.165, 1.54) is 12.1 Å². The minimum atomic E-state index is -0.832. The first-order valence-electron chi connectivity index (χ1n) is 9.10. The number of Topliss-reactive ketones (excluding diaryl/α,β-unsaturated/α-hetero) is 1. The molecule has 0 N–H and O–H groups in total. The highest BCUT2D eigenvalue weighted by Crippen LogP contribution is 2.30. The quantitative estimate of drug-likeness (QED) is 0.226. The predicted octanol–water partition coefficient (Wildman–Crippen LogP) is 2.62. The molecule has 30 heavy (non-hydrogen) atoms. The normalized spacial score (nSPS) is 12.7. The third kappa shape index (κ3) is 3.95. The lowest BCUT2D eigenvalue weighted by molar-refractivity contribution is -0.385. The monoisotopic (exact) mass is 410 g/mol. The fourth-order valence-electron chi connectivity index (χ4n) is 3.21. The number of rotatable bonds is 7. The molecule has 0 fully saturated rings. The molecule has 0 aliphatic carbocycles. The number of aryl methyl sites for hydroxylation is 2. The molecule has 0 saturated heterocycles. The second-order valence-electron chi connectivity index (χ2n) is 6.87. The molecule has 0 unspecified atom stereocenters. The molecule has 0 bridgehead atoms. The van der Waals surface area contributed by atoms with E-state index >= 15 is 0 Å². The number of carbonyl (C=O) groups is 4. The maximum atomic E-state index is 12.5. The highest BCUT2D eigenvalue weighted by atomic mass is 16.6. The van der Waals surface area contributed by atoms with Crippen molar-refractivity contribution in [3.8, 4) is 0 Å². The largest absolute Gasteiger partial charge is 0.457 e. The van der Waals surface area contributed by atoms with Gasteiger partial charge in [-0.15, -0.1) is 0 Å². The number of nitro benzene ring substituents is 1. The van der Waals surface area contributed by atoms with Crippen LogP contribution in [0.3, 0.4) is 0 Å². The van der Waals surface area contributed by atoms with Crippen LogP contribution < -0.4 is 0 Å². The minimum Gasteiger partial charge on any atom is -0.457 e. The molecule has 0 aromatic heterocycles. The van der Waals surface area contributed by atoms with E-state index in [-0.39, 0.29) is 29.9 Å². The Morgan fingerprint density at radius 2 is 1.83 bits per heavy atom. The second kappa shape index (κ2) is 8.24. The van der Waals surface area contributed by atoms with Crippen LogP contribution in [0.2, 0.25) is 0 Å². The molecule has 3 rings (SSSR count). The van der Waals surface area contributed by atoms with E-state index < -0.39 is 35.0 Å². The van der Waals surface area contributed by atoms with Crippen molar-refractivity contribution < 1.29 is 28.8 Å². The third-order valence-corrected chi connectivity index (χ3v) is 4.77. The van der Waals surface area contributed by atoms with Gasteiger partial charge >= 0.3 is 5.97 Å². The zero-order valence-electron chi connectivity index (χ0n) is 16.3. The first-order valence-corrected chi connectivity index (χ1v) is 9.10. The lowest BCUT2D eigenvalue weighted by atomic mass is 10.0. The molecule has 2 amide bonds. The molecule has 9 heteroatoms. The number of hydrogen-bond donors (Lipinski definition) is 0. The summed E-state index contributed by atoms with van der Waals surface area (Å²) in [6, 6.07) is 9.15. The molecule has 0 radical (unpaired) electrons. The topological polar surface area (TPSA) is 124 Å². The Balaban J connectivity index is 1.60. The lowest BCUT2D eigenvalue weighted by Crippen LogP contribution is -2.32. The van der Waals surface area contributed by atoms with Crippen molar-refractivity contribution in [2.45, 2.75) is 20.3 Å². The number of ketones is 1. The van der Waals surface area contributed by atoms with Gasteiger partial charge in [-0.2, -0.15) is 0 Å². The maximum Gasteiger partial charge on any atom is 0.308 e. The van der Waals surface area contributed by atoms with E-state index in [2.05, 4.69) is 0 Å². The van der Waals surface area contributed by atoms with Gasteiger partial charge in [0.05, 0.1) is 16.9 Å². The number of nitrogens with zero attached hydrogens (tertiary/aromatic N) is 2. The molecule has 9 nitrogen and oxygen atoms in total. The summed E-state index contributed by atoms with van der Waals surface area (Å²) in [7, 11) is 0. The van der Waals surface area contributed by atoms with Crippen molar-refractivity contribution in [3.05, 3.63) is 74.3 Å². The third-order valence-electron chi connectivity index (χ3n) is 4.77. The van der Waals surface area contributed by atoms with Gasteiger partial charge in [0.1, 0.15) is 5.56 Å². The van der Waals surface area contributed by atoms with Gasteiger partial charge in [-0.3, -0.25) is 34.2 Å². The van der Waals surface area contributed by atoms with E-state index in [0.717, 1.165) is 22.1 Å². The number of esters is 1. The summed E-state index contributed by atoms with van der Waals surface area (Å²) in [5.74, 6) is -2.67. The van der Waals surface area contributed by atoms with Crippen LogP contribution in [0.25, 0.3) is 0 Å². The molecule has 0 spiro atoms. The first-order chi connectivity index (χ1) is 14.2. The number of carbonyl (C=O) groups excluding carboxylic acids is 4. The lowest BCUT2D eigenvalue weighted by Gasteiger charge is -2.13. The van der Waals surface area contributed by atoms with E-state index in [4.69, 9.17) is 4.74 Å². The van der Waals surface area contributed by atoms with Crippen LogP contribution in [-0.4, -0.2) is 46.5 Å². The number of ether oxygens (including phenoxy) is 1. The molecule has 1 aliphatic rings. The number of fused-ring (bicyclic) bond motifs is 1. The van der Waals surface area contributed by atoms with Crippen molar-refractivity contribution in [2.24, 2.45) is 0 Å². The molecule has 2 aromatic carbocycles. The Bertz CT molecular complexity index is 1090. The average molecular weight is 410 g/mol. The predicted molar refractivity (Wildman–Crippen MR) is 104 cm³/mol.